The standard InChI is InChI=1S/C31H39F2N7O2/c1-5-18(2)40-15-22(7-6-19(40)3)36-30-28(33)24-13-34-31(41)27(24)29(37-30)35-21-8-9-26(25(32)12-21)39-11-10-38(14-20(39)4)23-16-42-17-23/h5,8-9,12,19-20,22-23H,1-2,6-7,10-11,13-17H2,3-4H3,(H,34,41)(H2,35,36,37)/t19-,20-,22+/m0/s1. The van der Waals surface area contributed by atoms with Crippen LogP contribution in [0, 0.1) is 11.6 Å². The topological polar surface area (TPSA) is 85.0 Å². The fourth-order valence-corrected chi connectivity index (χ4v) is 6.47. The molecular weight excluding hydrogens is 540 g/mol. The van der Waals surface area contributed by atoms with E-state index < -0.39 is 11.7 Å². The van der Waals surface area contributed by atoms with E-state index in [2.05, 4.69) is 62.6 Å². The van der Waals surface area contributed by atoms with E-state index in [1.807, 2.05) is 0 Å². The van der Waals surface area contributed by atoms with Gasteiger partial charge in [-0.3, -0.25) is 9.69 Å². The SMILES string of the molecule is C=CC(=C)N1C[C@H](Nc2nc(Nc3ccc(N4CCN(C5COC5)C[C@@H]4C)c(F)c3)c3c(c2F)CNC3=O)CC[C@@H]1C. The van der Waals surface area contributed by atoms with Crippen molar-refractivity contribution in [1.82, 2.24) is 20.1 Å². The summed E-state index contributed by atoms with van der Waals surface area (Å²) in [6, 6.07) is 5.76. The highest BCUT2D eigenvalue weighted by Gasteiger charge is 2.34. The number of hydrogen-bond acceptors (Lipinski definition) is 8. The van der Waals surface area contributed by atoms with Gasteiger partial charge in [0.25, 0.3) is 5.91 Å². The number of anilines is 4. The molecule has 1 aromatic heterocycles. The smallest absolute Gasteiger partial charge is 0.255 e. The van der Waals surface area contributed by atoms with Crippen molar-refractivity contribution in [2.24, 2.45) is 0 Å². The Morgan fingerprint density at radius 1 is 1.14 bits per heavy atom. The number of piperazine rings is 1. The van der Waals surface area contributed by atoms with Crippen molar-refractivity contribution in [3.63, 3.8) is 0 Å². The second-order valence-corrected chi connectivity index (χ2v) is 11.8. The van der Waals surface area contributed by atoms with Crippen LogP contribution in [0.1, 0.15) is 42.6 Å². The molecule has 0 radical (unpaired) electrons. The number of piperidine rings is 1. The summed E-state index contributed by atoms with van der Waals surface area (Å²) in [5.41, 5.74) is 2.18. The summed E-state index contributed by atoms with van der Waals surface area (Å²) in [7, 11) is 0. The van der Waals surface area contributed by atoms with Crippen molar-refractivity contribution in [2.75, 3.05) is 54.9 Å². The van der Waals surface area contributed by atoms with Crippen LogP contribution in [-0.2, 0) is 11.3 Å². The molecule has 2 aromatic rings. The van der Waals surface area contributed by atoms with Crippen molar-refractivity contribution in [3.05, 3.63) is 65.9 Å². The van der Waals surface area contributed by atoms with Crippen molar-refractivity contribution >= 4 is 28.9 Å². The minimum atomic E-state index is -0.551. The van der Waals surface area contributed by atoms with Gasteiger partial charge in [0, 0.05) is 67.8 Å². The largest absolute Gasteiger partial charge is 0.378 e. The first-order chi connectivity index (χ1) is 20.2. The zero-order chi connectivity index (χ0) is 29.5. The Bertz CT molecular complexity index is 1400. The molecule has 42 heavy (non-hydrogen) atoms. The number of hydrogen-bond donors (Lipinski definition) is 3. The summed E-state index contributed by atoms with van der Waals surface area (Å²) in [4.78, 5) is 23.9. The fraction of sp³-hybridized carbons (Fsp3) is 0.484. The Morgan fingerprint density at radius 3 is 2.64 bits per heavy atom. The second-order valence-electron chi connectivity index (χ2n) is 11.8. The number of likely N-dealkylation sites (tertiary alicyclic amines) is 1. The molecule has 11 heteroatoms. The van der Waals surface area contributed by atoms with Crippen LogP contribution >= 0.6 is 0 Å². The summed E-state index contributed by atoms with van der Waals surface area (Å²) in [5.74, 6) is -1.07. The van der Waals surface area contributed by atoms with Crippen molar-refractivity contribution in [3.8, 4) is 0 Å². The maximum atomic E-state index is 15.6. The number of fused-ring (bicyclic) bond motifs is 1. The number of allylic oxidation sites excluding steroid dienone is 1. The number of carbonyl (C=O) groups is 1. The molecule has 0 unspecified atom stereocenters. The van der Waals surface area contributed by atoms with Gasteiger partial charge >= 0.3 is 0 Å². The Labute approximate surface area is 245 Å². The molecule has 3 N–H and O–H groups in total. The number of amides is 1. The van der Waals surface area contributed by atoms with Crippen molar-refractivity contribution in [2.45, 2.75) is 57.4 Å². The predicted octanol–water partition coefficient (Wildman–Crippen LogP) is 4.22. The highest BCUT2D eigenvalue weighted by atomic mass is 19.1. The molecule has 0 spiro atoms. The van der Waals surface area contributed by atoms with E-state index in [0.717, 1.165) is 51.4 Å². The average molecular weight is 580 g/mol. The highest BCUT2D eigenvalue weighted by molar-refractivity contribution is 6.03. The Hall–Kier alpha value is -3.70. The molecule has 0 bridgehead atoms. The van der Waals surface area contributed by atoms with E-state index in [-0.39, 0.29) is 47.2 Å². The predicted molar refractivity (Wildman–Crippen MR) is 160 cm³/mol. The first kappa shape index (κ1) is 28.4. The lowest BCUT2D eigenvalue weighted by Crippen LogP contribution is -2.59. The minimum Gasteiger partial charge on any atom is -0.378 e. The summed E-state index contributed by atoms with van der Waals surface area (Å²) in [6.07, 6.45) is 3.45. The first-order valence-electron chi connectivity index (χ1n) is 14.7. The van der Waals surface area contributed by atoms with Crippen LogP contribution in [0.3, 0.4) is 0 Å². The van der Waals surface area contributed by atoms with E-state index in [1.54, 1.807) is 18.2 Å². The van der Waals surface area contributed by atoms with E-state index in [9.17, 15) is 4.79 Å². The van der Waals surface area contributed by atoms with Gasteiger partial charge in [-0.05, 0) is 51.0 Å². The third-order valence-electron chi connectivity index (χ3n) is 9.03. The molecule has 4 aliphatic heterocycles. The fourth-order valence-electron chi connectivity index (χ4n) is 6.47. The van der Waals surface area contributed by atoms with Crippen LogP contribution < -0.4 is 20.9 Å². The molecule has 1 aromatic carbocycles. The van der Waals surface area contributed by atoms with Crippen LogP contribution in [0.25, 0.3) is 0 Å². The average Bonchev–Trinajstić information content (AvgIpc) is 3.33. The summed E-state index contributed by atoms with van der Waals surface area (Å²) >= 11 is 0. The number of nitrogens with one attached hydrogen (secondary N) is 3. The van der Waals surface area contributed by atoms with Crippen molar-refractivity contribution in [1.29, 1.82) is 0 Å². The van der Waals surface area contributed by atoms with Gasteiger partial charge in [0.2, 0.25) is 0 Å². The molecule has 1 amide bonds. The van der Waals surface area contributed by atoms with E-state index in [4.69, 9.17) is 4.74 Å². The molecule has 0 aliphatic carbocycles. The van der Waals surface area contributed by atoms with Gasteiger partial charge in [-0.25, -0.2) is 13.8 Å². The van der Waals surface area contributed by atoms with Crippen LogP contribution in [-0.4, -0.2) is 84.3 Å². The summed E-state index contributed by atoms with van der Waals surface area (Å²) < 4.78 is 36.5. The number of ether oxygens (including phenoxy) is 1. The van der Waals surface area contributed by atoms with E-state index in [1.165, 1.54) is 6.07 Å². The quantitative estimate of drug-likeness (QED) is 0.401. The third kappa shape index (κ3) is 5.31. The molecule has 6 rings (SSSR count). The van der Waals surface area contributed by atoms with Gasteiger partial charge < -0.3 is 30.5 Å². The minimum absolute atomic E-state index is 0.0666. The van der Waals surface area contributed by atoms with Gasteiger partial charge in [0.15, 0.2) is 11.6 Å². The van der Waals surface area contributed by atoms with Gasteiger partial charge in [-0.15, -0.1) is 0 Å². The normalized spacial score (nSPS) is 24.6. The molecule has 9 nitrogen and oxygen atoms in total. The lowest BCUT2D eigenvalue weighted by molar-refractivity contribution is -0.0691. The summed E-state index contributed by atoms with van der Waals surface area (Å²) in [5, 5.41) is 9.06. The van der Waals surface area contributed by atoms with Crippen LogP contribution in [0.2, 0.25) is 0 Å². The molecular formula is C31H39F2N7O2. The Kier molecular flexibility index (Phi) is 7.80. The number of benzene rings is 1. The molecule has 0 saturated carbocycles. The number of halogens is 2. The molecule has 3 saturated heterocycles. The second kappa shape index (κ2) is 11.5. The molecule has 4 aliphatic rings. The van der Waals surface area contributed by atoms with Crippen LogP contribution in [0.4, 0.5) is 31.8 Å². The number of nitrogens with zero attached hydrogens (tertiary/aromatic N) is 4. The summed E-state index contributed by atoms with van der Waals surface area (Å²) in [6.45, 7) is 16.8. The van der Waals surface area contributed by atoms with Gasteiger partial charge in [0.1, 0.15) is 11.6 Å². The van der Waals surface area contributed by atoms with Crippen molar-refractivity contribution < 1.29 is 18.3 Å². The van der Waals surface area contributed by atoms with Gasteiger partial charge in [0.05, 0.1) is 30.5 Å². The van der Waals surface area contributed by atoms with Gasteiger partial charge in [-0.2, -0.15) is 0 Å². The monoisotopic (exact) mass is 579 g/mol. The first-order valence-corrected chi connectivity index (χ1v) is 14.7. The molecule has 224 valence electrons. The van der Waals surface area contributed by atoms with Crippen LogP contribution in [0.15, 0.2) is 43.1 Å². The number of rotatable bonds is 8. The Morgan fingerprint density at radius 2 is 1.95 bits per heavy atom. The number of aromatic nitrogens is 1. The van der Waals surface area contributed by atoms with Crippen LogP contribution in [0.5, 0.6) is 0 Å². The Balaban J connectivity index is 1.21. The van der Waals surface area contributed by atoms with E-state index >= 15 is 8.78 Å². The maximum Gasteiger partial charge on any atom is 0.255 e. The number of pyridine rings is 1. The zero-order valence-corrected chi connectivity index (χ0v) is 24.3. The lowest BCUT2D eigenvalue weighted by atomic mass is 9.98. The van der Waals surface area contributed by atoms with E-state index in [0.29, 0.717) is 30.0 Å². The molecule has 3 atom stereocenters. The third-order valence-corrected chi connectivity index (χ3v) is 9.03. The maximum absolute atomic E-state index is 15.6. The molecule has 3 fully saturated rings. The zero-order valence-electron chi connectivity index (χ0n) is 24.3. The lowest BCUT2D eigenvalue weighted by Gasteiger charge is -2.46. The molecule has 5 heterocycles. The number of carbonyl (C=O) groups excluding carboxylic acids is 1. The van der Waals surface area contributed by atoms with Gasteiger partial charge in [-0.1, -0.05) is 13.2 Å². The highest BCUT2D eigenvalue weighted by Crippen LogP contribution is 2.34.